The Kier molecular flexibility index (Phi) is 3.60. The molecule has 1 aliphatic rings. The summed E-state index contributed by atoms with van der Waals surface area (Å²) in [5, 5.41) is 14.2. The lowest BCUT2D eigenvalue weighted by atomic mass is 9.87. The maximum Gasteiger partial charge on any atom is 0.228 e. The van der Waals surface area contributed by atoms with E-state index in [0.29, 0.717) is 6.54 Å². The van der Waals surface area contributed by atoms with E-state index in [1.165, 1.54) is 0 Å². The first kappa shape index (κ1) is 13.6. The first-order chi connectivity index (χ1) is 10.1. The molecule has 0 radical (unpaired) electrons. The largest absolute Gasteiger partial charge is 0.382 e. The van der Waals surface area contributed by atoms with Crippen LogP contribution in [0.5, 0.6) is 0 Å². The third-order valence-electron chi connectivity index (χ3n) is 3.87. The van der Waals surface area contributed by atoms with Crippen molar-refractivity contribution in [3.63, 3.8) is 0 Å². The number of aromatic nitrogens is 3. The number of hydrogen-bond donors (Lipinski definition) is 2. The fourth-order valence-electron chi connectivity index (χ4n) is 2.74. The Morgan fingerprint density at radius 2 is 2.29 bits per heavy atom. The van der Waals surface area contributed by atoms with Crippen LogP contribution in [0.4, 0.5) is 5.69 Å². The van der Waals surface area contributed by atoms with Gasteiger partial charge in [0.15, 0.2) is 5.82 Å². The zero-order chi connectivity index (χ0) is 14.8. The summed E-state index contributed by atoms with van der Waals surface area (Å²) in [5.74, 6) is 0.670. The van der Waals surface area contributed by atoms with E-state index in [1.54, 1.807) is 10.9 Å². The fourth-order valence-corrected chi connectivity index (χ4v) is 2.74. The van der Waals surface area contributed by atoms with Crippen molar-refractivity contribution in [3.05, 3.63) is 42.0 Å². The Hall–Kier alpha value is -2.37. The van der Waals surface area contributed by atoms with E-state index in [1.807, 2.05) is 31.3 Å². The molecule has 1 amide bonds. The molecule has 1 aromatic carbocycles. The number of aryl methyl sites for hydroxylation is 1. The Labute approximate surface area is 123 Å². The van der Waals surface area contributed by atoms with Crippen molar-refractivity contribution in [2.45, 2.75) is 31.8 Å². The first-order valence-corrected chi connectivity index (χ1v) is 7.11. The van der Waals surface area contributed by atoms with Gasteiger partial charge in [0.05, 0.1) is 12.5 Å². The van der Waals surface area contributed by atoms with E-state index in [-0.39, 0.29) is 17.9 Å². The Balaban J connectivity index is 1.74. The number of carbonyl (C=O) groups is 1. The van der Waals surface area contributed by atoms with Gasteiger partial charge in [0.25, 0.3) is 0 Å². The molecule has 2 atom stereocenters. The molecule has 2 heterocycles. The number of fused-ring (bicyclic) bond motifs is 1. The number of hydrogen-bond acceptors (Lipinski definition) is 4. The van der Waals surface area contributed by atoms with E-state index in [0.717, 1.165) is 23.5 Å². The predicted octanol–water partition coefficient (Wildman–Crippen LogP) is 1.42. The summed E-state index contributed by atoms with van der Waals surface area (Å²) in [6.07, 6.45) is 2.42. The van der Waals surface area contributed by atoms with Crippen molar-refractivity contribution in [1.29, 1.82) is 0 Å². The van der Waals surface area contributed by atoms with Crippen molar-refractivity contribution < 1.29 is 4.79 Å². The minimum absolute atomic E-state index is 0.0406. The molecule has 1 aromatic heterocycles. The molecule has 0 saturated heterocycles. The number of anilines is 1. The van der Waals surface area contributed by atoms with Gasteiger partial charge in [-0.15, -0.1) is 10.2 Å². The fraction of sp³-hybridized carbons (Fsp3) is 0.400. The number of para-hydroxylation sites is 1. The third-order valence-corrected chi connectivity index (χ3v) is 3.87. The molecule has 0 bridgehead atoms. The van der Waals surface area contributed by atoms with Gasteiger partial charge in [-0.1, -0.05) is 18.2 Å². The Morgan fingerprint density at radius 1 is 1.48 bits per heavy atom. The molecule has 2 aromatic rings. The standard InChI is InChI=1S/C15H19N5O/c1-10-7-12(11-5-3-4-6-13(11)18-10)15(21)16-8-14-19-17-9-20(14)2/h3-6,9-10,12,18H,7-8H2,1-2H3,(H,16,21). The zero-order valence-corrected chi connectivity index (χ0v) is 12.2. The smallest absolute Gasteiger partial charge is 0.228 e. The molecule has 110 valence electrons. The highest BCUT2D eigenvalue weighted by molar-refractivity contribution is 5.86. The molecule has 0 saturated carbocycles. The molecule has 6 nitrogen and oxygen atoms in total. The van der Waals surface area contributed by atoms with E-state index >= 15 is 0 Å². The number of amides is 1. The van der Waals surface area contributed by atoms with Crippen LogP contribution in [-0.4, -0.2) is 26.7 Å². The minimum atomic E-state index is -0.120. The molecule has 3 rings (SSSR count). The summed E-state index contributed by atoms with van der Waals surface area (Å²) < 4.78 is 1.80. The second-order valence-corrected chi connectivity index (χ2v) is 5.50. The summed E-state index contributed by atoms with van der Waals surface area (Å²) in [4.78, 5) is 12.5. The van der Waals surface area contributed by atoms with Gasteiger partial charge in [0.2, 0.25) is 5.91 Å². The quantitative estimate of drug-likeness (QED) is 0.894. The number of nitrogens with zero attached hydrogens (tertiary/aromatic N) is 3. The molecule has 0 spiro atoms. The average Bonchev–Trinajstić information content (AvgIpc) is 2.89. The normalized spacial score (nSPS) is 20.5. The van der Waals surface area contributed by atoms with E-state index < -0.39 is 0 Å². The second-order valence-electron chi connectivity index (χ2n) is 5.50. The van der Waals surface area contributed by atoms with Crippen LogP contribution < -0.4 is 10.6 Å². The zero-order valence-electron chi connectivity index (χ0n) is 12.2. The summed E-state index contributed by atoms with van der Waals surface area (Å²) in [5.41, 5.74) is 2.11. The van der Waals surface area contributed by atoms with E-state index in [9.17, 15) is 4.79 Å². The van der Waals surface area contributed by atoms with Gasteiger partial charge in [-0.2, -0.15) is 0 Å². The SMILES string of the molecule is CC1CC(C(=O)NCc2nncn2C)c2ccccc2N1. The van der Waals surface area contributed by atoms with Gasteiger partial charge in [-0.05, 0) is 25.0 Å². The van der Waals surface area contributed by atoms with Crippen LogP contribution >= 0.6 is 0 Å². The van der Waals surface area contributed by atoms with Crippen molar-refractivity contribution in [1.82, 2.24) is 20.1 Å². The van der Waals surface area contributed by atoms with Crippen molar-refractivity contribution in [2.75, 3.05) is 5.32 Å². The molecule has 0 aliphatic carbocycles. The van der Waals surface area contributed by atoms with Crippen LogP contribution in [0.15, 0.2) is 30.6 Å². The summed E-state index contributed by atoms with van der Waals surface area (Å²) in [6, 6.07) is 8.28. The van der Waals surface area contributed by atoms with Crippen molar-refractivity contribution in [2.24, 2.45) is 7.05 Å². The van der Waals surface area contributed by atoms with Gasteiger partial charge >= 0.3 is 0 Å². The minimum Gasteiger partial charge on any atom is -0.382 e. The monoisotopic (exact) mass is 285 g/mol. The lowest BCUT2D eigenvalue weighted by Crippen LogP contribution is -2.36. The maximum absolute atomic E-state index is 12.5. The van der Waals surface area contributed by atoms with Crippen LogP contribution in [0, 0.1) is 0 Å². The van der Waals surface area contributed by atoms with Gasteiger partial charge in [-0.25, -0.2) is 0 Å². The topological polar surface area (TPSA) is 71.8 Å². The highest BCUT2D eigenvalue weighted by Gasteiger charge is 2.29. The van der Waals surface area contributed by atoms with Crippen LogP contribution in [0.1, 0.15) is 30.7 Å². The maximum atomic E-state index is 12.5. The summed E-state index contributed by atoms with van der Waals surface area (Å²) in [7, 11) is 1.86. The van der Waals surface area contributed by atoms with Gasteiger partial charge in [-0.3, -0.25) is 4.79 Å². The predicted molar refractivity (Wildman–Crippen MR) is 79.7 cm³/mol. The van der Waals surface area contributed by atoms with Gasteiger partial charge in [0, 0.05) is 18.8 Å². The Bertz CT molecular complexity index is 651. The lowest BCUT2D eigenvalue weighted by molar-refractivity contribution is -0.123. The number of rotatable bonds is 3. The van der Waals surface area contributed by atoms with E-state index in [4.69, 9.17) is 0 Å². The molecular weight excluding hydrogens is 266 g/mol. The lowest BCUT2D eigenvalue weighted by Gasteiger charge is -2.30. The molecule has 2 unspecified atom stereocenters. The Morgan fingerprint density at radius 3 is 3.05 bits per heavy atom. The van der Waals surface area contributed by atoms with Gasteiger partial charge < -0.3 is 15.2 Å². The van der Waals surface area contributed by atoms with E-state index in [2.05, 4.69) is 27.8 Å². The van der Waals surface area contributed by atoms with Crippen molar-refractivity contribution in [3.8, 4) is 0 Å². The molecular formula is C15H19N5O. The first-order valence-electron chi connectivity index (χ1n) is 7.11. The average molecular weight is 285 g/mol. The van der Waals surface area contributed by atoms with Crippen LogP contribution in [0.3, 0.4) is 0 Å². The second kappa shape index (κ2) is 5.55. The number of nitrogens with one attached hydrogen (secondary N) is 2. The van der Waals surface area contributed by atoms with Crippen LogP contribution in [-0.2, 0) is 18.4 Å². The highest BCUT2D eigenvalue weighted by atomic mass is 16.1. The van der Waals surface area contributed by atoms with Crippen molar-refractivity contribution >= 4 is 11.6 Å². The third kappa shape index (κ3) is 2.74. The molecule has 6 heteroatoms. The molecule has 21 heavy (non-hydrogen) atoms. The number of carbonyl (C=O) groups excluding carboxylic acids is 1. The number of benzene rings is 1. The highest BCUT2D eigenvalue weighted by Crippen LogP contribution is 2.34. The van der Waals surface area contributed by atoms with Crippen LogP contribution in [0.2, 0.25) is 0 Å². The molecule has 2 N–H and O–H groups in total. The molecule has 0 fully saturated rings. The van der Waals surface area contributed by atoms with Gasteiger partial charge in [0.1, 0.15) is 6.33 Å². The van der Waals surface area contributed by atoms with Crippen LogP contribution in [0.25, 0.3) is 0 Å². The molecule has 1 aliphatic heterocycles. The summed E-state index contributed by atoms with van der Waals surface area (Å²) in [6.45, 7) is 2.49. The summed E-state index contributed by atoms with van der Waals surface area (Å²) >= 11 is 0.